The number of benzene rings is 1. The van der Waals surface area contributed by atoms with Gasteiger partial charge in [0.1, 0.15) is 5.58 Å². The summed E-state index contributed by atoms with van der Waals surface area (Å²) in [4.78, 5) is 11.2. The first kappa shape index (κ1) is 8.81. The number of hydrogen-bond acceptors (Lipinski definition) is 3. The lowest BCUT2D eigenvalue weighted by molar-refractivity contribution is 0.561. The molecule has 0 aliphatic heterocycles. The highest BCUT2D eigenvalue weighted by Gasteiger charge is 2.02. The predicted octanol–water partition coefficient (Wildman–Crippen LogP) is 2.22. The average molecular weight is 189 g/mol. The van der Waals surface area contributed by atoms with Crippen LogP contribution in [0.15, 0.2) is 39.5 Å². The van der Waals surface area contributed by atoms with Gasteiger partial charge in [0.05, 0.1) is 5.69 Å². The maximum absolute atomic E-state index is 11.2. The fraction of sp³-hybridized carbons (Fsp3) is 0.182. The molecule has 0 saturated carbocycles. The Kier molecular flexibility index (Phi) is 2.23. The summed E-state index contributed by atoms with van der Waals surface area (Å²) in [5.41, 5.74) is 1.13. The lowest BCUT2D eigenvalue weighted by Gasteiger charge is -2.05. The van der Waals surface area contributed by atoms with Gasteiger partial charge in [0.2, 0.25) is 0 Å². The van der Waals surface area contributed by atoms with E-state index < -0.39 is 0 Å². The minimum Gasteiger partial charge on any atom is -0.423 e. The molecule has 1 N–H and O–H groups in total. The Bertz CT molecular complexity index is 502. The van der Waals surface area contributed by atoms with E-state index in [4.69, 9.17) is 4.42 Å². The molecule has 1 heterocycles. The van der Waals surface area contributed by atoms with E-state index in [0.717, 1.165) is 17.6 Å². The lowest BCUT2D eigenvalue weighted by Crippen LogP contribution is -2.03. The summed E-state index contributed by atoms with van der Waals surface area (Å²) in [6.45, 7) is 2.77. The quantitative estimate of drug-likeness (QED) is 0.736. The maximum atomic E-state index is 11.2. The van der Waals surface area contributed by atoms with Crippen LogP contribution in [0, 0.1) is 0 Å². The fourth-order valence-corrected chi connectivity index (χ4v) is 1.45. The van der Waals surface area contributed by atoms with Gasteiger partial charge in [-0.3, -0.25) is 0 Å². The van der Waals surface area contributed by atoms with Crippen LogP contribution >= 0.6 is 0 Å². The smallest absolute Gasteiger partial charge is 0.338 e. The van der Waals surface area contributed by atoms with Crippen LogP contribution in [0.4, 0.5) is 5.69 Å². The SMILES string of the molecule is CCNc1cc(=O)oc2ccccc12. The van der Waals surface area contributed by atoms with Crippen LogP contribution in [0.2, 0.25) is 0 Å². The van der Waals surface area contributed by atoms with Crippen molar-refractivity contribution in [3.8, 4) is 0 Å². The zero-order valence-electron chi connectivity index (χ0n) is 7.91. The van der Waals surface area contributed by atoms with Crippen LogP contribution in [0.3, 0.4) is 0 Å². The van der Waals surface area contributed by atoms with E-state index in [0.29, 0.717) is 5.58 Å². The Morgan fingerprint density at radius 2 is 2.14 bits per heavy atom. The third kappa shape index (κ3) is 1.48. The number of para-hydroxylation sites is 1. The van der Waals surface area contributed by atoms with Gasteiger partial charge in [0.15, 0.2) is 0 Å². The lowest BCUT2D eigenvalue weighted by atomic mass is 10.2. The Morgan fingerprint density at radius 1 is 1.36 bits per heavy atom. The summed E-state index contributed by atoms with van der Waals surface area (Å²) in [5.74, 6) is 0. The van der Waals surface area contributed by atoms with E-state index in [1.165, 1.54) is 6.07 Å². The molecule has 2 aromatic rings. The molecule has 0 bridgehead atoms. The molecule has 1 aromatic heterocycles. The molecule has 72 valence electrons. The van der Waals surface area contributed by atoms with E-state index in [9.17, 15) is 4.79 Å². The highest BCUT2D eigenvalue weighted by Crippen LogP contribution is 2.20. The molecule has 2 rings (SSSR count). The molecular formula is C11H11NO2. The second-order valence-electron chi connectivity index (χ2n) is 3.01. The van der Waals surface area contributed by atoms with Gasteiger partial charge < -0.3 is 9.73 Å². The molecule has 0 unspecified atom stereocenters. The van der Waals surface area contributed by atoms with Gasteiger partial charge in [-0.05, 0) is 19.1 Å². The third-order valence-electron chi connectivity index (χ3n) is 2.02. The molecule has 0 amide bonds. The molecule has 1 aromatic carbocycles. The minimum atomic E-state index is -0.320. The summed E-state index contributed by atoms with van der Waals surface area (Å²) >= 11 is 0. The van der Waals surface area contributed by atoms with E-state index >= 15 is 0 Å². The fourth-order valence-electron chi connectivity index (χ4n) is 1.45. The Labute approximate surface area is 81.4 Å². The highest BCUT2D eigenvalue weighted by atomic mass is 16.4. The molecular weight excluding hydrogens is 178 g/mol. The van der Waals surface area contributed by atoms with E-state index in [1.807, 2.05) is 25.1 Å². The van der Waals surface area contributed by atoms with E-state index in [1.54, 1.807) is 6.07 Å². The van der Waals surface area contributed by atoms with Crippen LogP contribution in [0.1, 0.15) is 6.92 Å². The molecule has 0 aliphatic carbocycles. The number of hydrogen-bond donors (Lipinski definition) is 1. The van der Waals surface area contributed by atoms with Gasteiger partial charge >= 0.3 is 5.63 Å². The summed E-state index contributed by atoms with van der Waals surface area (Å²) in [7, 11) is 0. The first-order valence-corrected chi connectivity index (χ1v) is 4.58. The van der Waals surface area contributed by atoms with Crippen molar-refractivity contribution in [1.82, 2.24) is 0 Å². The standard InChI is InChI=1S/C11H11NO2/c1-2-12-9-7-11(13)14-10-6-4-3-5-8(9)10/h3-7,12H,2H2,1H3. The van der Waals surface area contributed by atoms with Crippen molar-refractivity contribution in [2.75, 3.05) is 11.9 Å². The van der Waals surface area contributed by atoms with Crippen molar-refractivity contribution >= 4 is 16.7 Å². The number of rotatable bonds is 2. The van der Waals surface area contributed by atoms with Crippen molar-refractivity contribution < 1.29 is 4.42 Å². The Balaban J connectivity index is 2.73. The van der Waals surface area contributed by atoms with Crippen LogP contribution in [-0.2, 0) is 0 Å². The molecule has 0 aliphatic rings. The molecule has 3 nitrogen and oxygen atoms in total. The zero-order chi connectivity index (χ0) is 9.97. The van der Waals surface area contributed by atoms with Gasteiger partial charge in [-0.1, -0.05) is 12.1 Å². The van der Waals surface area contributed by atoms with Crippen molar-refractivity contribution in [3.63, 3.8) is 0 Å². The molecule has 0 fully saturated rings. The van der Waals surface area contributed by atoms with Gasteiger partial charge in [-0.25, -0.2) is 4.79 Å². The van der Waals surface area contributed by atoms with Crippen LogP contribution in [-0.4, -0.2) is 6.54 Å². The van der Waals surface area contributed by atoms with E-state index in [-0.39, 0.29) is 5.63 Å². The zero-order valence-corrected chi connectivity index (χ0v) is 7.91. The van der Waals surface area contributed by atoms with Gasteiger partial charge in [0, 0.05) is 18.0 Å². The maximum Gasteiger partial charge on any atom is 0.338 e. The van der Waals surface area contributed by atoms with Crippen LogP contribution < -0.4 is 10.9 Å². The van der Waals surface area contributed by atoms with Crippen molar-refractivity contribution in [1.29, 1.82) is 0 Å². The number of anilines is 1. The van der Waals surface area contributed by atoms with Crippen LogP contribution in [0.25, 0.3) is 11.0 Å². The Hall–Kier alpha value is -1.77. The topological polar surface area (TPSA) is 42.2 Å². The normalized spacial score (nSPS) is 10.4. The van der Waals surface area contributed by atoms with E-state index in [2.05, 4.69) is 5.32 Å². The molecule has 0 atom stereocenters. The van der Waals surface area contributed by atoms with Gasteiger partial charge in [-0.2, -0.15) is 0 Å². The summed E-state index contributed by atoms with van der Waals surface area (Å²) in [5, 5.41) is 4.07. The molecule has 14 heavy (non-hydrogen) atoms. The van der Waals surface area contributed by atoms with Gasteiger partial charge in [-0.15, -0.1) is 0 Å². The molecule has 0 radical (unpaired) electrons. The largest absolute Gasteiger partial charge is 0.423 e. The summed E-state index contributed by atoms with van der Waals surface area (Å²) in [6.07, 6.45) is 0. The predicted molar refractivity (Wildman–Crippen MR) is 56.6 cm³/mol. The van der Waals surface area contributed by atoms with Crippen molar-refractivity contribution in [2.45, 2.75) is 6.92 Å². The minimum absolute atomic E-state index is 0.320. The average Bonchev–Trinajstić information content (AvgIpc) is 2.18. The molecule has 0 saturated heterocycles. The number of fused-ring (bicyclic) bond motifs is 1. The third-order valence-corrected chi connectivity index (χ3v) is 2.02. The molecule has 0 spiro atoms. The number of nitrogens with one attached hydrogen (secondary N) is 1. The summed E-state index contributed by atoms with van der Waals surface area (Å²) < 4.78 is 5.05. The first-order valence-electron chi connectivity index (χ1n) is 4.58. The first-order chi connectivity index (χ1) is 6.81. The Morgan fingerprint density at radius 3 is 2.93 bits per heavy atom. The second-order valence-corrected chi connectivity index (χ2v) is 3.01. The molecule has 3 heteroatoms. The highest BCUT2D eigenvalue weighted by molar-refractivity contribution is 5.89. The van der Waals surface area contributed by atoms with Gasteiger partial charge in [0.25, 0.3) is 0 Å². The van der Waals surface area contributed by atoms with Crippen molar-refractivity contribution in [3.05, 3.63) is 40.8 Å². The second kappa shape index (κ2) is 3.54. The summed E-state index contributed by atoms with van der Waals surface area (Å²) in [6, 6.07) is 8.96. The van der Waals surface area contributed by atoms with Crippen molar-refractivity contribution in [2.24, 2.45) is 0 Å². The van der Waals surface area contributed by atoms with Crippen LogP contribution in [0.5, 0.6) is 0 Å². The monoisotopic (exact) mass is 189 g/mol.